The van der Waals surface area contributed by atoms with Gasteiger partial charge >= 0.3 is 0 Å². The van der Waals surface area contributed by atoms with Crippen LogP contribution in [-0.4, -0.2) is 5.16 Å². The fraction of sp³-hybridized carbons (Fsp3) is 0.250. The summed E-state index contributed by atoms with van der Waals surface area (Å²) in [6, 6.07) is 8.00. The Morgan fingerprint density at radius 1 is 1.33 bits per heavy atom. The highest BCUT2D eigenvalue weighted by atomic mass is 16.5. The summed E-state index contributed by atoms with van der Waals surface area (Å²) in [5.74, 6) is 0.351. The van der Waals surface area contributed by atoms with Crippen molar-refractivity contribution in [3.8, 4) is 11.3 Å². The summed E-state index contributed by atoms with van der Waals surface area (Å²) >= 11 is 0. The number of benzene rings is 1. The van der Waals surface area contributed by atoms with Crippen LogP contribution in [0, 0.1) is 6.92 Å². The van der Waals surface area contributed by atoms with Crippen molar-refractivity contribution in [1.82, 2.24) is 5.16 Å². The van der Waals surface area contributed by atoms with Gasteiger partial charge in [-0.05, 0) is 30.5 Å². The Morgan fingerprint density at radius 2 is 2.13 bits per heavy atom. The van der Waals surface area contributed by atoms with Crippen LogP contribution in [0.15, 0.2) is 28.8 Å². The molecule has 0 aliphatic heterocycles. The number of rotatable bonds is 2. The van der Waals surface area contributed by atoms with E-state index in [4.69, 9.17) is 10.3 Å². The molecule has 0 bridgehead atoms. The fourth-order valence-corrected chi connectivity index (χ4v) is 1.64. The molecule has 0 aliphatic carbocycles. The van der Waals surface area contributed by atoms with E-state index < -0.39 is 0 Å². The second kappa shape index (κ2) is 3.77. The number of hydrogen-bond acceptors (Lipinski definition) is 3. The van der Waals surface area contributed by atoms with Gasteiger partial charge in [0.25, 0.3) is 0 Å². The van der Waals surface area contributed by atoms with Crippen LogP contribution < -0.4 is 5.73 Å². The van der Waals surface area contributed by atoms with Crippen LogP contribution in [0.4, 0.5) is 5.88 Å². The Balaban J connectivity index is 2.45. The Hall–Kier alpha value is -1.77. The number of anilines is 1. The van der Waals surface area contributed by atoms with Crippen LogP contribution >= 0.6 is 0 Å². The van der Waals surface area contributed by atoms with E-state index in [1.165, 1.54) is 11.1 Å². The summed E-state index contributed by atoms with van der Waals surface area (Å²) in [5, 5.41) is 3.89. The molecule has 0 amide bonds. The predicted molar refractivity (Wildman–Crippen MR) is 60.5 cm³/mol. The number of aromatic nitrogens is 1. The maximum absolute atomic E-state index is 5.49. The van der Waals surface area contributed by atoms with Gasteiger partial charge in [-0.2, -0.15) is 0 Å². The third kappa shape index (κ3) is 1.86. The lowest BCUT2D eigenvalue weighted by Gasteiger charge is -2.04. The van der Waals surface area contributed by atoms with E-state index >= 15 is 0 Å². The molecule has 2 N–H and O–H groups in total. The molecular weight excluding hydrogens is 188 g/mol. The van der Waals surface area contributed by atoms with Gasteiger partial charge in [0.15, 0.2) is 0 Å². The topological polar surface area (TPSA) is 52.0 Å². The standard InChI is InChI=1S/C12H14N2O/c1-3-9-6-10(5-4-8(9)2)11-7-12(13)15-14-11/h4-7H,3,13H2,1-2H3. The average Bonchev–Trinajstić information content (AvgIpc) is 2.66. The summed E-state index contributed by atoms with van der Waals surface area (Å²) in [7, 11) is 0. The van der Waals surface area contributed by atoms with Gasteiger partial charge in [-0.15, -0.1) is 0 Å². The molecule has 0 saturated carbocycles. The quantitative estimate of drug-likeness (QED) is 0.814. The maximum Gasteiger partial charge on any atom is 0.222 e. The minimum atomic E-state index is 0.351. The molecule has 0 unspecified atom stereocenters. The molecule has 78 valence electrons. The molecule has 0 spiro atoms. The van der Waals surface area contributed by atoms with Crippen LogP contribution in [-0.2, 0) is 6.42 Å². The number of nitrogen functional groups attached to an aromatic ring is 1. The van der Waals surface area contributed by atoms with E-state index in [2.05, 4.69) is 31.1 Å². The largest absolute Gasteiger partial charge is 0.368 e. The van der Waals surface area contributed by atoms with Crippen LogP contribution in [0.2, 0.25) is 0 Å². The van der Waals surface area contributed by atoms with Gasteiger partial charge in [-0.1, -0.05) is 24.2 Å². The molecule has 1 aromatic carbocycles. The van der Waals surface area contributed by atoms with Crippen molar-refractivity contribution in [2.24, 2.45) is 0 Å². The number of nitrogens with two attached hydrogens (primary N) is 1. The Morgan fingerprint density at radius 3 is 2.73 bits per heavy atom. The number of aryl methyl sites for hydroxylation is 2. The highest BCUT2D eigenvalue weighted by Gasteiger charge is 2.05. The summed E-state index contributed by atoms with van der Waals surface area (Å²) in [4.78, 5) is 0. The minimum Gasteiger partial charge on any atom is -0.368 e. The van der Waals surface area contributed by atoms with Gasteiger partial charge < -0.3 is 10.3 Å². The first-order valence-electron chi connectivity index (χ1n) is 5.03. The molecule has 2 rings (SSSR count). The molecule has 1 heterocycles. The normalized spacial score (nSPS) is 10.5. The molecule has 0 aliphatic rings. The summed E-state index contributed by atoms with van der Waals surface area (Å²) in [5.41, 5.74) is 9.97. The first-order chi connectivity index (χ1) is 7.20. The summed E-state index contributed by atoms with van der Waals surface area (Å²) < 4.78 is 4.85. The summed E-state index contributed by atoms with van der Waals surface area (Å²) in [6.07, 6.45) is 1.02. The minimum absolute atomic E-state index is 0.351. The van der Waals surface area contributed by atoms with Gasteiger partial charge in [-0.3, -0.25) is 0 Å². The van der Waals surface area contributed by atoms with Crippen molar-refractivity contribution in [2.45, 2.75) is 20.3 Å². The highest BCUT2D eigenvalue weighted by molar-refractivity contribution is 5.62. The molecule has 0 saturated heterocycles. The molecule has 3 heteroatoms. The van der Waals surface area contributed by atoms with E-state index in [-0.39, 0.29) is 0 Å². The van der Waals surface area contributed by atoms with Gasteiger partial charge in [0.05, 0.1) is 0 Å². The molecular formula is C12H14N2O. The molecule has 0 atom stereocenters. The van der Waals surface area contributed by atoms with Crippen LogP contribution in [0.25, 0.3) is 11.3 Å². The first kappa shape index (κ1) is 9.77. The zero-order chi connectivity index (χ0) is 10.8. The zero-order valence-electron chi connectivity index (χ0n) is 8.95. The number of hydrogen-bond donors (Lipinski definition) is 1. The molecule has 0 fully saturated rings. The molecule has 15 heavy (non-hydrogen) atoms. The molecule has 0 radical (unpaired) electrons. The van der Waals surface area contributed by atoms with Crippen molar-refractivity contribution >= 4 is 5.88 Å². The Bertz CT molecular complexity index is 474. The Labute approximate surface area is 88.9 Å². The Kier molecular flexibility index (Phi) is 2.46. The van der Waals surface area contributed by atoms with Crippen LogP contribution in [0.5, 0.6) is 0 Å². The third-order valence-corrected chi connectivity index (χ3v) is 2.55. The maximum atomic E-state index is 5.49. The third-order valence-electron chi connectivity index (χ3n) is 2.55. The van der Waals surface area contributed by atoms with Crippen molar-refractivity contribution in [1.29, 1.82) is 0 Å². The van der Waals surface area contributed by atoms with Crippen molar-refractivity contribution in [2.75, 3.05) is 5.73 Å². The average molecular weight is 202 g/mol. The van der Waals surface area contributed by atoms with E-state index in [9.17, 15) is 0 Å². The second-order valence-corrected chi connectivity index (χ2v) is 3.61. The lowest BCUT2D eigenvalue weighted by atomic mass is 10.0. The van der Waals surface area contributed by atoms with Crippen molar-refractivity contribution in [3.05, 3.63) is 35.4 Å². The molecule has 3 nitrogen and oxygen atoms in total. The van der Waals surface area contributed by atoms with Gasteiger partial charge in [-0.25, -0.2) is 0 Å². The predicted octanol–water partition coefficient (Wildman–Crippen LogP) is 2.79. The van der Waals surface area contributed by atoms with Crippen LogP contribution in [0.3, 0.4) is 0 Å². The first-order valence-corrected chi connectivity index (χ1v) is 5.03. The number of nitrogens with zero attached hydrogens (tertiary/aromatic N) is 1. The van der Waals surface area contributed by atoms with Gasteiger partial charge in [0, 0.05) is 11.6 Å². The second-order valence-electron chi connectivity index (χ2n) is 3.61. The SMILES string of the molecule is CCc1cc(-c2cc(N)on2)ccc1C. The molecule has 1 aromatic heterocycles. The van der Waals surface area contributed by atoms with Crippen molar-refractivity contribution < 1.29 is 4.52 Å². The van der Waals surface area contributed by atoms with E-state index in [0.29, 0.717) is 5.88 Å². The fourth-order valence-electron chi connectivity index (χ4n) is 1.64. The monoisotopic (exact) mass is 202 g/mol. The highest BCUT2D eigenvalue weighted by Crippen LogP contribution is 2.23. The van der Waals surface area contributed by atoms with E-state index in [0.717, 1.165) is 17.7 Å². The van der Waals surface area contributed by atoms with Crippen LogP contribution in [0.1, 0.15) is 18.1 Å². The molecule has 2 aromatic rings. The van der Waals surface area contributed by atoms with E-state index in [1.54, 1.807) is 6.07 Å². The summed E-state index contributed by atoms with van der Waals surface area (Å²) in [6.45, 7) is 4.25. The van der Waals surface area contributed by atoms with Gasteiger partial charge in [0.1, 0.15) is 5.69 Å². The van der Waals surface area contributed by atoms with Gasteiger partial charge in [0.2, 0.25) is 5.88 Å². The zero-order valence-corrected chi connectivity index (χ0v) is 8.95. The van der Waals surface area contributed by atoms with E-state index in [1.807, 2.05) is 6.07 Å². The lowest BCUT2D eigenvalue weighted by Crippen LogP contribution is -1.87. The smallest absolute Gasteiger partial charge is 0.222 e. The lowest BCUT2D eigenvalue weighted by molar-refractivity contribution is 0.439. The van der Waals surface area contributed by atoms with Crippen molar-refractivity contribution in [3.63, 3.8) is 0 Å².